The highest BCUT2D eigenvalue weighted by atomic mass is 16.5. The lowest BCUT2D eigenvalue weighted by molar-refractivity contribution is -0.136. The Morgan fingerprint density at radius 2 is 1.55 bits per heavy atom. The number of aliphatic hydroxyl groups is 1. The maximum Gasteiger partial charge on any atom is 0.281 e. The van der Waals surface area contributed by atoms with Gasteiger partial charge in [0.25, 0.3) is 5.91 Å². The number of ether oxygens (including phenoxy) is 1. The van der Waals surface area contributed by atoms with Gasteiger partial charge in [-0.2, -0.15) is 5.10 Å². The second kappa shape index (κ2) is 9.54. The maximum atomic E-state index is 13.1. The zero-order valence-corrected chi connectivity index (χ0v) is 18.5. The number of aromatic nitrogens is 1. The average molecular weight is 440 g/mol. The van der Waals surface area contributed by atoms with Gasteiger partial charge in [0.15, 0.2) is 5.60 Å². The number of methoxy groups -OCH3 is 1. The molecule has 0 aliphatic heterocycles. The summed E-state index contributed by atoms with van der Waals surface area (Å²) in [5, 5.41) is 15.6. The molecular weight excluding hydrogens is 414 g/mol. The Labute approximate surface area is 192 Å². The van der Waals surface area contributed by atoms with Gasteiger partial charge in [0.2, 0.25) is 0 Å². The van der Waals surface area contributed by atoms with Crippen LogP contribution in [0.5, 0.6) is 5.75 Å². The number of rotatable bonds is 7. The van der Waals surface area contributed by atoms with Crippen LogP contribution in [-0.2, 0) is 10.4 Å². The molecule has 0 aliphatic rings. The van der Waals surface area contributed by atoms with Crippen molar-refractivity contribution in [1.82, 2.24) is 9.99 Å². The first-order chi connectivity index (χ1) is 16.0. The SMILES string of the molecule is COc1ccc(-n2cc(/C=N\NC(=O)C(O)(c3ccccc3)c3ccccc3)cc2C)cc1. The Kier molecular flexibility index (Phi) is 6.38. The summed E-state index contributed by atoms with van der Waals surface area (Å²) < 4.78 is 7.24. The van der Waals surface area contributed by atoms with E-state index in [4.69, 9.17) is 4.74 Å². The normalized spacial score (nSPS) is 11.5. The van der Waals surface area contributed by atoms with Gasteiger partial charge in [-0.05, 0) is 48.4 Å². The highest BCUT2D eigenvalue weighted by molar-refractivity contribution is 5.91. The van der Waals surface area contributed by atoms with Crippen molar-refractivity contribution in [2.75, 3.05) is 7.11 Å². The van der Waals surface area contributed by atoms with Gasteiger partial charge in [0, 0.05) is 23.1 Å². The van der Waals surface area contributed by atoms with E-state index in [1.807, 2.05) is 60.2 Å². The first-order valence-electron chi connectivity index (χ1n) is 10.5. The topological polar surface area (TPSA) is 75.8 Å². The highest BCUT2D eigenvalue weighted by Gasteiger charge is 2.39. The van der Waals surface area contributed by atoms with Gasteiger partial charge in [-0.15, -0.1) is 0 Å². The number of hydrogen-bond donors (Lipinski definition) is 2. The Morgan fingerprint density at radius 3 is 2.09 bits per heavy atom. The minimum absolute atomic E-state index is 0.463. The van der Waals surface area contributed by atoms with Crippen molar-refractivity contribution in [2.24, 2.45) is 5.10 Å². The molecule has 1 heterocycles. The number of carbonyl (C=O) groups is 1. The van der Waals surface area contributed by atoms with E-state index in [9.17, 15) is 9.90 Å². The number of nitrogens with zero attached hydrogens (tertiary/aromatic N) is 2. The predicted molar refractivity (Wildman–Crippen MR) is 129 cm³/mol. The third-order valence-electron chi connectivity index (χ3n) is 5.48. The van der Waals surface area contributed by atoms with Crippen molar-refractivity contribution >= 4 is 12.1 Å². The molecule has 1 aromatic heterocycles. The fourth-order valence-electron chi connectivity index (χ4n) is 3.72. The second-order valence-corrected chi connectivity index (χ2v) is 7.62. The van der Waals surface area contributed by atoms with E-state index in [0.717, 1.165) is 22.7 Å². The predicted octanol–water partition coefficient (Wildman–Crippen LogP) is 4.18. The Bertz CT molecular complexity index is 1210. The zero-order chi connectivity index (χ0) is 23.3. The smallest absolute Gasteiger partial charge is 0.281 e. The highest BCUT2D eigenvalue weighted by Crippen LogP contribution is 2.29. The van der Waals surface area contributed by atoms with Crippen LogP contribution in [0.4, 0.5) is 0 Å². The molecule has 1 amide bonds. The van der Waals surface area contributed by atoms with Crippen LogP contribution in [0.25, 0.3) is 5.69 Å². The molecule has 0 atom stereocenters. The van der Waals surface area contributed by atoms with E-state index in [1.165, 1.54) is 0 Å². The van der Waals surface area contributed by atoms with Gasteiger partial charge in [0.05, 0.1) is 13.3 Å². The van der Waals surface area contributed by atoms with Crippen LogP contribution in [0.15, 0.2) is 102 Å². The Morgan fingerprint density at radius 1 is 0.970 bits per heavy atom. The lowest BCUT2D eigenvalue weighted by atomic mass is 9.85. The van der Waals surface area contributed by atoms with Gasteiger partial charge in [-0.1, -0.05) is 60.7 Å². The largest absolute Gasteiger partial charge is 0.497 e. The summed E-state index contributed by atoms with van der Waals surface area (Å²) in [5.74, 6) is 0.153. The van der Waals surface area contributed by atoms with Crippen molar-refractivity contribution in [2.45, 2.75) is 12.5 Å². The van der Waals surface area contributed by atoms with Crippen LogP contribution in [0.1, 0.15) is 22.4 Å². The van der Waals surface area contributed by atoms with Crippen LogP contribution >= 0.6 is 0 Å². The van der Waals surface area contributed by atoms with Gasteiger partial charge in [-0.25, -0.2) is 5.43 Å². The molecule has 33 heavy (non-hydrogen) atoms. The fourth-order valence-corrected chi connectivity index (χ4v) is 3.72. The van der Waals surface area contributed by atoms with Crippen LogP contribution in [-0.4, -0.2) is 28.9 Å². The zero-order valence-electron chi connectivity index (χ0n) is 18.5. The fraction of sp³-hybridized carbons (Fsp3) is 0.111. The van der Waals surface area contributed by atoms with Crippen LogP contribution in [0.2, 0.25) is 0 Å². The molecule has 0 radical (unpaired) electrons. The monoisotopic (exact) mass is 439 g/mol. The number of benzene rings is 3. The van der Waals surface area contributed by atoms with Crippen molar-refractivity contribution in [3.05, 3.63) is 120 Å². The molecule has 0 saturated heterocycles. The first-order valence-corrected chi connectivity index (χ1v) is 10.5. The number of nitrogens with one attached hydrogen (secondary N) is 1. The molecule has 4 aromatic rings. The first kappa shape index (κ1) is 22.0. The van der Waals surface area contributed by atoms with Gasteiger partial charge < -0.3 is 14.4 Å². The number of carbonyl (C=O) groups excluding carboxylic acids is 1. The van der Waals surface area contributed by atoms with E-state index >= 15 is 0 Å². The minimum Gasteiger partial charge on any atom is -0.497 e. The molecule has 0 saturated carbocycles. The summed E-state index contributed by atoms with van der Waals surface area (Å²) in [7, 11) is 1.63. The maximum absolute atomic E-state index is 13.1. The molecule has 166 valence electrons. The Hall–Kier alpha value is -4.16. The van der Waals surface area contributed by atoms with Crippen molar-refractivity contribution in [1.29, 1.82) is 0 Å². The summed E-state index contributed by atoms with van der Waals surface area (Å²) in [6.45, 7) is 1.99. The molecule has 0 unspecified atom stereocenters. The average Bonchev–Trinajstić information content (AvgIpc) is 3.24. The number of hydrogen-bond acceptors (Lipinski definition) is 4. The van der Waals surface area contributed by atoms with E-state index in [0.29, 0.717) is 11.1 Å². The number of hydrazone groups is 1. The van der Waals surface area contributed by atoms with Crippen LogP contribution in [0.3, 0.4) is 0 Å². The van der Waals surface area contributed by atoms with Crippen molar-refractivity contribution in [3.8, 4) is 11.4 Å². The molecule has 4 rings (SSSR count). The summed E-state index contributed by atoms with van der Waals surface area (Å²) in [6, 6.07) is 27.4. The molecule has 2 N–H and O–H groups in total. The summed E-state index contributed by atoms with van der Waals surface area (Å²) >= 11 is 0. The quantitative estimate of drug-likeness (QED) is 0.335. The molecule has 0 spiro atoms. The standard InChI is InChI=1S/C27H25N3O3/c1-20-17-21(19-30(20)24-13-15-25(33-2)16-14-24)18-28-29-26(31)27(32,22-9-5-3-6-10-22)23-11-7-4-8-12-23/h3-19,32H,1-2H3,(H,29,31)/b28-18-. The van der Waals surface area contributed by atoms with Crippen LogP contribution < -0.4 is 10.2 Å². The van der Waals surface area contributed by atoms with E-state index < -0.39 is 11.5 Å². The molecule has 0 aliphatic carbocycles. The van der Waals surface area contributed by atoms with E-state index in [1.54, 1.807) is 61.9 Å². The van der Waals surface area contributed by atoms with Gasteiger partial charge in [0.1, 0.15) is 5.75 Å². The molecule has 0 fully saturated rings. The lowest BCUT2D eigenvalue weighted by Gasteiger charge is -2.27. The summed E-state index contributed by atoms with van der Waals surface area (Å²) in [4.78, 5) is 13.1. The Balaban J connectivity index is 1.55. The third-order valence-corrected chi connectivity index (χ3v) is 5.48. The third kappa shape index (κ3) is 4.56. The van der Waals surface area contributed by atoms with Crippen molar-refractivity contribution in [3.63, 3.8) is 0 Å². The van der Waals surface area contributed by atoms with Gasteiger partial charge in [-0.3, -0.25) is 4.79 Å². The number of aryl methyl sites for hydroxylation is 1. The lowest BCUT2D eigenvalue weighted by Crippen LogP contribution is -2.43. The molecule has 6 nitrogen and oxygen atoms in total. The van der Waals surface area contributed by atoms with Crippen LogP contribution in [0, 0.1) is 6.92 Å². The minimum atomic E-state index is -1.87. The molecule has 3 aromatic carbocycles. The van der Waals surface area contributed by atoms with Crippen molar-refractivity contribution < 1.29 is 14.6 Å². The van der Waals surface area contributed by atoms with E-state index in [-0.39, 0.29) is 0 Å². The second-order valence-electron chi connectivity index (χ2n) is 7.62. The van der Waals surface area contributed by atoms with E-state index in [2.05, 4.69) is 10.5 Å². The molecule has 6 heteroatoms. The van der Waals surface area contributed by atoms with Gasteiger partial charge >= 0.3 is 0 Å². The molecular formula is C27H25N3O3. The number of amides is 1. The summed E-state index contributed by atoms with van der Waals surface area (Å²) in [5.41, 5.74) is 4.37. The molecule has 0 bridgehead atoms. The summed E-state index contributed by atoms with van der Waals surface area (Å²) in [6.07, 6.45) is 3.48.